The largest absolute Gasteiger partial charge is 0.497 e. The van der Waals surface area contributed by atoms with Crippen LogP contribution < -0.4 is 14.8 Å². The van der Waals surface area contributed by atoms with Gasteiger partial charge in [0, 0.05) is 17.6 Å². The molecule has 0 aliphatic carbocycles. The summed E-state index contributed by atoms with van der Waals surface area (Å²) in [4.78, 5) is 20.8. The van der Waals surface area contributed by atoms with Gasteiger partial charge < -0.3 is 14.8 Å². The highest BCUT2D eigenvalue weighted by molar-refractivity contribution is 7.09. The van der Waals surface area contributed by atoms with Crippen LogP contribution in [0.4, 0.5) is 0 Å². The van der Waals surface area contributed by atoms with Gasteiger partial charge in [0.15, 0.2) is 0 Å². The number of carbonyl (C=O) groups excluding carboxylic acids is 1. The number of pyridine rings is 1. The highest BCUT2D eigenvalue weighted by atomic mass is 32.1. The van der Waals surface area contributed by atoms with Gasteiger partial charge in [-0.3, -0.25) is 9.78 Å². The molecule has 2 aromatic heterocycles. The first kappa shape index (κ1) is 18.8. The summed E-state index contributed by atoms with van der Waals surface area (Å²) in [6.07, 6.45) is 1.94. The van der Waals surface area contributed by atoms with Crippen molar-refractivity contribution in [1.29, 1.82) is 0 Å². The molecular formula is C20H21N3O3S. The lowest BCUT2D eigenvalue weighted by Gasteiger charge is -2.05. The van der Waals surface area contributed by atoms with E-state index in [0.717, 1.165) is 27.7 Å². The lowest BCUT2D eigenvalue weighted by molar-refractivity contribution is -0.120. The zero-order chi connectivity index (χ0) is 19.1. The molecule has 0 atom stereocenters. The minimum atomic E-state index is -0.0636. The fraction of sp³-hybridized carbons (Fsp3) is 0.250. The number of ether oxygens (including phenoxy) is 2. The Bertz CT molecular complexity index is 876. The number of aromatic nitrogens is 2. The fourth-order valence-corrected chi connectivity index (χ4v) is 3.06. The lowest BCUT2D eigenvalue weighted by Crippen LogP contribution is -2.24. The number of benzene rings is 1. The first-order valence-corrected chi connectivity index (χ1v) is 9.38. The van der Waals surface area contributed by atoms with E-state index >= 15 is 0 Å². The van der Waals surface area contributed by atoms with Gasteiger partial charge in [-0.15, -0.1) is 11.3 Å². The van der Waals surface area contributed by atoms with Crippen LogP contribution in [0, 0.1) is 6.92 Å². The van der Waals surface area contributed by atoms with Crippen molar-refractivity contribution in [3.05, 3.63) is 69.9 Å². The topological polar surface area (TPSA) is 73.3 Å². The van der Waals surface area contributed by atoms with Crippen molar-refractivity contribution in [1.82, 2.24) is 15.3 Å². The van der Waals surface area contributed by atoms with Crippen LogP contribution in [0.2, 0.25) is 0 Å². The van der Waals surface area contributed by atoms with Gasteiger partial charge in [-0.2, -0.15) is 0 Å². The van der Waals surface area contributed by atoms with Crippen molar-refractivity contribution in [2.75, 3.05) is 7.11 Å². The van der Waals surface area contributed by atoms with Gasteiger partial charge in [0.1, 0.15) is 23.1 Å². The number of carbonyl (C=O) groups is 1. The number of rotatable bonds is 8. The molecule has 3 rings (SSSR count). The number of hydrogen-bond acceptors (Lipinski definition) is 6. The summed E-state index contributed by atoms with van der Waals surface area (Å²) in [5.41, 5.74) is 2.70. The Hall–Kier alpha value is -2.93. The SMILES string of the molecule is COc1ccc(CNC(=O)Cc2csc(COc3ccc(C)nc3)n2)cc1. The molecule has 3 aromatic rings. The Balaban J connectivity index is 1.44. The maximum absolute atomic E-state index is 12.1. The Morgan fingerprint density at radius 1 is 1.15 bits per heavy atom. The van der Waals surface area contributed by atoms with Gasteiger partial charge in [-0.1, -0.05) is 12.1 Å². The summed E-state index contributed by atoms with van der Waals surface area (Å²) in [5.74, 6) is 1.43. The maximum Gasteiger partial charge on any atom is 0.226 e. The van der Waals surface area contributed by atoms with Crippen molar-refractivity contribution in [2.45, 2.75) is 26.5 Å². The van der Waals surface area contributed by atoms with Gasteiger partial charge in [-0.25, -0.2) is 4.98 Å². The standard InChI is InChI=1S/C20H21N3O3S/c1-14-3-6-18(11-21-14)26-12-20-23-16(13-27-20)9-19(24)22-10-15-4-7-17(25-2)8-5-15/h3-8,11,13H,9-10,12H2,1-2H3,(H,22,24). The van der Waals surface area contributed by atoms with Gasteiger partial charge in [-0.05, 0) is 36.8 Å². The predicted molar refractivity (Wildman–Crippen MR) is 104 cm³/mol. The van der Waals surface area contributed by atoms with Crippen LogP contribution in [-0.4, -0.2) is 23.0 Å². The summed E-state index contributed by atoms with van der Waals surface area (Å²) >= 11 is 1.48. The van der Waals surface area contributed by atoms with Gasteiger partial charge >= 0.3 is 0 Å². The monoisotopic (exact) mass is 383 g/mol. The molecule has 0 saturated heterocycles. The van der Waals surface area contributed by atoms with E-state index in [2.05, 4.69) is 15.3 Å². The quantitative estimate of drug-likeness (QED) is 0.646. The molecule has 7 heteroatoms. The lowest BCUT2D eigenvalue weighted by atomic mass is 10.2. The van der Waals surface area contributed by atoms with E-state index in [0.29, 0.717) is 18.9 Å². The second kappa shape index (κ2) is 9.14. The van der Waals surface area contributed by atoms with Crippen LogP contribution in [-0.2, 0) is 24.4 Å². The van der Waals surface area contributed by atoms with E-state index < -0.39 is 0 Å². The van der Waals surface area contributed by atoms with Crippen molar-refractivity contribution in [2.24, 2.45) is 0 Å². The van der Waals surface area contributed by atoms with E-state index in [4.69, 9.17) is 9.47 Å². The molecule has 0 aliphatic heterocycles. The Morgan fingerprint density at radius 2 is 1.93 bits per heavy atom. The molecule has 0 fully saturated rings. The van der Waals surface area contributed by atoms with Crippen molar-refractivity contribution >= 4 is 17.2 Å². The molecule has 0 aliphatic rings. The van der Waals surface area contributed by atoms with E-state index in [1.807, 2.05) is 48.7 Å². The number of hydrogen-bond donors (Lipinski definition) is 1. The van der Waals surface area contributed by atoms with Gasteiger partial charge in [0.05, 0.1) is 25.4 Å². The average Bonchev–Trinajstić information content (AvgIpc) is 3.13. The van der Waals surface area contributed by atoms with Crippen molar-refractivity contribution in [3.63, 3.8) is 0 Å². The van der Waals surface area contributed by atoms with Crippen LogP contribution in [0.1, 0.15) is 22.0 Å². The summed E-state index contributed by atoms with van der Waals surface area (Å²) in [5, 5.41) is 5.62. The summed E-state index contributed by atoms with van der Waals surface area (Å²) in [6.45, 7) is 2.77. The van der Waals surface area contributed by atoms with Crippen molar-refractivity contribution < 1.29 is 14.3 Å². The Morgan fingerprint density at radius 3 is 2.63 bits per heavy atom. The van der Waals surface area contributed by atoms with Crippen LogP contribution in [0.3, 0.4) is 0 Å². The highest BCUT2D eigenvalue weighted by Crippen LogP contribution is 2.15. The fourth-order valence-electron chi connectivity index (χ4n) is 2.35. The molecule has 0 saturated carbocycles. The number of methoxy groups -OCH3 is 1. The average molecular weight is 383 g/mol. The minimum absolute atomic E-state index is 0.0636. The zero-order valence-electron chi connectivity index (χ0n) is 15.3. The van der Waals surface area contributed by atoms with Crippen LogP contribution in [0.25, 0.3) is 0 Å². The molecule has 0 unspecified atom stereocenters. The molecule has 0 spiro atoms. The molecular weight excluding hydrogens is 362 g/mol. The second-order valence-corrected chi connectivity index (χ2v) is 6.90. The molecule has 6 nitrogen and oxygen atoms in total. The molecule has 140 valence electrons. The Kier molecular flexibility index (Phi) is 6.38. The number of aryl methyl sites for hydroxylation is 1. The normalized spacial score (nSPS) is 10.4. The molecule has 1 aromatic carbocycles. The first-order valence-electron chi connectivity index (χ1n) is 8.51. The van der Waals surface area contributed by atoms with Gasteiger partial charge in [0.25, 0.3) is 0 Å². The maximum atomic E-state index is 12.1. The van der Waals surface area contributed by atoms with E-state index in [1.54, 1.807) is 13.3 Å². The van der Waals surface area contributed by atoms with Crippen molar-refractivity contribution in [3.8, 4) is 11.5 Å². The number of nitrogens with one attached hydrogen (secondary N) is 1. The third-order valence-corrected chi connectivity index (χ3v) is 4.71. The molecule has 1 amide bonds. The molecule has 0 radical (unpaired) electrons. The molecule has 1 N–H and O–H groups in total. The first-order chi connectivity index (χ1) is 13.1. The summed E-state index contributed by atoms with van der Waals surface area (Å²) in [7, 11) is 1.63. The predicted octanol–water partition coefficient (Wildman–Crippen LogP) is 3.29. The molecule has 2 heterocycles. The van der Waals surface area contributed by atoms with Crippen LogP contribution in [0.15, 0.2) is 48.0 Å². The Labute approximate surface area is 162 Å². The van der Waals surface area contributed by atoms with Gasteiger partial charge in [0.2, 0.25) is 5.91 Å². The minimum Gasteiger partial charge on any atom is -0.497 e. The third-order valence-electron chi connectivity index (χ3n) is 3.84. The molecule has 27 heavy (non-hydrogen) atoms. The second-order valence-electron chi connectivity index (χ2n) is 5.96. The number of amides is 1. The zero-order valence-corrected chi connectivity index (χ0v) is 16.1. The van der Waals surface area contributed by atoms with Crippen LogP contribution >= 0.6 is 11.3 Å². The number of thiazole rings is 1. The molecule has 0 bridgehead atoms. The van der Waals surface area contributed by atoms with E-state index in [1.165, 1.54) is 11.3 Å². The van der Waals surface area contributed by atoms with Crippen LogP contribution in [0.5, 0.6) is 11.5 Å². The number of nitrogens with zero attached hydrogens (tertiary/aromatic N) is 2. The smallest absolute Gasteiger partial charge is 0.226 e. The van der Waals surface area contributed by atoms with E-state index in [9.17, 15) is 4.79 Å². The third kappa shape index (κ3) is 5.79. The van der Waals surface area contributed by atoms with E-state index in [-0.39, 0.29) is 12.3 Å². The highest BCUT2D eigenvalue weighted by Gasteiger charge is 2.08. The summed E-state index contributed by atoms with van der Waals surface area (Å²) < 4.78 is 10.8. The summed E-state index contributed by atoms with van der Waals surface area (Å²) in [6, 6.07) is 11.4.